The second-order valence-electron chi connectivity index (χ2n) is 5.25. The molecule has 0 N–H and O–H groups in total. The van der Waals surface area contributed by atoms with Crippen molar-refractivity contribution in [3.8, 4) is 6.07 Å². The van der Waals surface area contributed by atoms with Crippen LogP contribution < -0.4 is 4.90 Å². The van der Waals surface area contributed by atoms with Gasteiger partial charge in [-0.05, 0) is 31.7 Å². The second kappa shape index (κ2) is 5.34. The van der Waals surface area contributed by atoms with Gasteiger partial charge in [-0.3, -0.25) is 0 Å². The van der Waals surface area contributed by atoms with Crippen LogP contribution in [0.3, 0.4) is 0 Å². The van der Waals surface area contributed by atoms with Crippen LogP contribution in [-0.4, -0.2) is 23.1 Å². The summed E-state index contributed by atoms with van der Waals surface area (Å²) in [6.07, 6.45) is 5.06. The zero-order chi connectivity index (χ0) is 13.1. The Hall–Kier alpha value is -1.63. The summed E-state index contributed by atoms with van der Waals surface area (Å²) in [5, 5.41) is 8.97. The van der Waals surface area contributed by atoms with Crippen LogP contribution in [0.25, 0.3) is 0 Å². The van der Waals surface area contributed by atoms with Crippen LogP contribution in [0.4, 0.5) is 5.95 Å². The Morgan fingerprint density at radius 2 is 2.06 bits per heavy atom. The van der Waals surface area contributed by atoms with Crippen molar-refractivity contribution >= 4 is 5.95 Å². The minimum absolute atomic E-state index is 0.452. The maximum atomic E-state index is 8.97. The van der Waals surface area contributed by atoms with Gasteiger partial charge in [-0.1, -0.05) is 19.8 Å². The fourth-order valence-corrected chi connectivity index (χ4v) is 2.79. The Labute approximate surface area is 109 Å². The van der Waals surface area contributed by atoms with E-state index in [9.17, 15) is 0 Å². The number of aromatic nitrogens is 2. The Bertz CT molecular complexity index is 463. The largest absolute Gasteiger partial charge is 0.341 e. The van der Waals surface area contributed by atoms with Gasteiger partial charge in [0.15, 0.2) is 0 Å². The van der Waals surface area contributed by atoms with Crippen LogP contribution in [0.1, 0.15) is 44.0 Å². The minimum atomic E-state index is 0.452. The molecule has 2 rings (SSSR count). The lowest BCUT2D eigenvalue weighted by atomic mass is 9.85. The van der Waals surface area contributed by atoms with E-state index in [0.29, 0.717) is 23.6 Å². The zero-order valence-electron chi connectivity index (χ0n) is 11.3. The van der Waals surface area contributed by atoms with E-state index in [2.05, 4.69) is 27.9 Å². The van der Waals surface area contributed by atoms with Crippen LogP contribution in [0.15, 0.2) is 6.07 Å². The molecule has 0 spiro atoms. The van der Waals surface area contributed by atoms with E-state index in [4.69, 9.17) is 5.26 Å². The average molecular weight is 244 g/mol. The third kappa shape index (κ3) is 2.61. The first-order valence-electron chi connectivity index (χ1n) is 6.60. The highest BCUT2D eigenvalue weighted by atomic mass is 15.3. The lowest BCUT2D eigenvalue weighted by Crippen LogP contribution is -2.40. The van der Waals surface area contributed by atoms with E-state index in [1.807, 2.05) is 14.0 Å². The highest BCUT2D eigenvalue weighted by Crippen LogP contribution is 2.29. The molecule has 1 fully saturated rings. The fourth-order valence-electron chi connectivity index (χ4n) is 2.79. The van der Waals surface area contributed by atoms with Gasteiger partial charge in [0.25, 0.3) is 0 Å². The smallest absolute Gasteiger partial charge is 0.226 e. The van der Waals surface area contributed by atoms with Gasteiger partial charge < -0.3 is 4.90 Å². The second-order valence-corrected chi connectivity index (χ2v) is 5.25. The highest BCUT2D eigenvalue weighted by Gasteiger charge is 2.26. The van der Waals surface area contributed by atoms with Crippen molar-refractivity contribution in [2.45, 2.75) is 45.6 Å². The monoisotopic (exact) mass is 244 g/mol. The zero-order valence-corrected chi connectivity index (χ0v) is 11.3. The summed E-state index contributed by atoms with van der Waals surface area (Å²) >= 11 is 0. The molecule has 4 heteroatoms. The fraction of sp³-hybridized carbons (Fsp3) is 0.643. The maximum Gasteiger partial charge on any atom is 0.226 e. The lowest BCUT2D eigenvalue weighted by molar-refractivity contribution is 0.319. The van der Waals surface area contributed by atoms with Crippen molar-refractivity contribution in [3.05, 3.63) is 17.5 Å². The minimum Gasteiger partial charge on any atom is -0.341 e. The summed E-state index contributed by atoms with van der Waals surface area (Å²) in [5.41, 5.74) is 1.31. The Morgan fingerprint density at radius 3 is 2.72 bits per heavy atom. The van der Waals surface area contributed by atoms with Crippen molar-refractivity contribution in [1.82, 2.24) is 9.97 Å². The summed E-state index contributed by atoms with van der Waals surface area (Å²) in [7, 11) is 2.04. The third-order valence-electron chi connectivity index (χ3n) is 3.84. The van der Waals surface area contributed by atoms with Crippen molar-refractivity contribution in [2.24, 2.45) is 5.92 Å². The molecule has 0 saturated heterocycles. The Balaban J connectivity index is 2.25. The Morgan fingerprint density at radius 1 is 1.33 bits per heavy atom. The van der Waals surface area contributed by atoms with Gasteiger partial charge >= 0.3 is 0 Å². The first-order chi connectivity index (χ1) is 8.61. The van der Waals surface area contributed by atoms with Crippen LogP contribution in [0.2, 0.25) is 0 Å². The molecule has 0 aliphatic heterocycles. The topological polar surface area (TPSA) is 52.8 Å². The number of aryl methyl sites for hydroxylation is 1. The number of rotatable bonds is 2. The molecule has 1 saturated carbocycles. The average Bonchev–Trinajstić information content (AvgIpc) is 2.37. The molecule has 1 aliphatic carbocycles. The van der Waals surface area contributed by atoms with Gasteiger partial charge in [0, 0.05) is 18.8 Å². The molecule has 2 atom stereocenters. The summed E-state index contributed by atoms with van der Waals surface area (Å²) in [6, 6.07) is 4.32. The normalized spacial score (nSPS) is 23.4. The number of anilines is 1. The Kier molecular flexibility index (Phi) is 3.81. The molecule has 0 radical (unpaired) electrons. The van der Waals surface area contributed by atoms with Gasteiger partial charge in [0.05, 0.1) is 0 Å². The molecule has 0 bridgehead atoms. The number of hydrogen-bond donors (Lipinski definition) is 0. The van der Waals surface area contributed by atoms with E-state index in [1.165, 1.54) is 25.7 Å². The van der Waals surface area contributed by atoms with E-state index >= 15 is 0 Å². The standard InChI is InChI=1S/C14H20N4/c1-10-6-4-5-7-13(10)18(3)14-16-11(2)8-12(9-15)17-14/h8,10,13H,4-7H2,1-3H3. The van der Waals surface area contributed by atoms with Crippen LogP contribution >= 0.6 is 0 Å². The SMILES string of the molecule is Cc1cc(C#N)nc(N(C)C2CCCCC2C)n1. The summed E-state index contributed by atoms with van der Waals surface area (Å²) in [4.78, 5) is 10.9. The van der Waals surface area contributed by atoms with Crippen molar-refractivity contribution in [3.63, 3.8) is 0 Å². The van der Waals surface area contributed by atoms with E-state index in [0.717, 1.165) is 5.69 Å². The first-order valence-corrected chi connectivity index (χ1v) is 6.60. The predicted molar refractivity (Wildman–Crippen MR) is 71.3 cm³/mol. The molecule has 1 heterocycles. The molecule has 1 aliphatic rings. The lowest BCUT2D eigenvalue weighted by Gasteiger charge is -2.36. The van der Waals surface area contributed by atoms with E-state index in [-0.39, 0.29) is 0 Å². The van der Waals surface area contributed by atoms with E-state index < -0.39 is 0 Å². The van der Waals surface area contributed by atoms with Gasteiger partial charge in [-0.15, -0.1) is 0 Å². The summed E-state index contributed by atoms with van der Waals surface area (Å²) < 4.78 is 0. The van der Waals surface area contributed by atoms with Crippen molar-refractivity contribution in [2.75, 3.05) is 11.9 Å². The van der Waals surface area contributed by atoms with Crippen molar-refractivity contribution < 1.29 is 0 Å². The molecule has 0 amide bonds. The molecule has 2 unspecified atom stereocenters. The van der Waals surface area contributed by atoms with Crippen molar-refractivity contribution in [1.29, 1.82) is 5.26 Å². The quantitative estimate of drug-likeness (QED) is 0.802. The van der Waals surface area contributed by atoms with Crippen LogP contribution in [-0.2, 0) is 0 Å². The molecular weight excluding hydrogens is 224 g/mol. The molecule has 4 nitrogen and oxygen atoms in total. The number of nitrogens with zero attached hydrogens (tertiary/aromatic N) is 4. The maximum absolute atomic E-state index is 8.97. The number of nitriles is 1. The third-order valence-corrected chi connectivity index (χ3v) is 3.84. The first kappa shape index (κ1) is 12.8. The summed E-state index contributed by atoms with van der Waals surface area (Å²) in [5.74, 6) is 1.35. The molecule has 18 heavy (non-hydrogen) atoms. The van der Waals surface area contributed by atoms with E-state index in [1.54, 1.807) is 6.07 Å². The van der Waals surface area contributed by atoms with Gasteiger partial charge in [0.2, 0.25) is 5.95 Å². The van der Waals surface area contributed by atoms with Gasteiger partial charge in [-0.25, -0.2) is 9.97 Å². The molecular formula is C14H20N4. The highest BCUT2D eigenvalue weighted by molar-refractivity contribution is 5.36. The number of hydrogen-bond acceptors (Lipinski definition) is 4. The van der Waals surface area contributed by atoms with Gasteiger partial charge in [-0.2, -0.15) is 5.26 Å². The molecule has 1 aromatic heterocycles. The van der Waals surface area contributed by atoms with Crippen LogP contribution in [0.5, 0.6) is 0 Å². The van der Waals surface area contributed by atoms with Crippen LogP contribution in [0, 0.1) is 24.2 Å². The summed E-state index contributed by atoms with van der Waals surface area (Å²) in [6.45, 7) is 4.20. The predicted octanol–water partition coefficient (Wildman–Crippen LogP) is 2.67. The molecule has 1 aromatic rings. The molecule has 0 aromatic carbocycles. The van der Waals surface area contributed by atoms with Gasteiger partial charge in [0.1, 0.15) is 11.8 Å². The molecule has 96 valence electrons.